The van der Waals surface area contributed by atoms with Gasteiger partial charge in [-0.15, -0.1) is 12.6 Å². The third-order valence-corrected chi connectivity index (χ3v) is 4.50. The number of thiol groups is 1. The van der Waals surface area contributed by atoms with E-state index in [1.165, 1.54) is 0 Å². The Hall–Kier alpha value is -0.520. The maximum absolute atomic E-state index is 12.5. The summed E-state index contributed by atoms with van der Waals surface area (Å²) in [5.41, 5.74) is -0.0217. The SMILES string of the molecule is CC1(O)CCCN(C(=O)c2cc(S)ccc2Br)CC1. The van der Waals surface area contributed by atoms with Gasteiger partial charge in [-0.25, -0.2) is 0 Å². The van der Waals surface area contributed by atoms with Gasteiger partial charge >= 0.3 is 0 Å². The second kappa shape index (κ2) is 5.85. The Balaban J connectivity index is 2.17. The first-order valence-corrected chi connectivity index (χ1v) is 7.63. The van der Waals surface area contributed by atoms with Crippen LogP contribution in [0.3, 0.4) is 0 Å². The highest BCUT2D eigenvalue weighted by molar-refractivity contribution is 9.10. The molecule has 1 amide bonds. The van der Waals surface area contributed by atoms with Crippen molar-refractivity contribution >= 4 is 34.5 Å². The minimum absolute atomic E-state index is 0.000440. The molecule has 0 radical (unpaired) electrons. The average molecular weight is 344 g/mol. The minimum atomic E-state index is -0.655. The minimum Gasteiger partial charge on any atom is -0.390 e. The van der Waals surface area contributed by atoms with Gasteiger partial charge in [0.2, 0.25) is 0 Å². The van der Waals surface area contributed by atoms with Crippen molar-refractivity contribution < 1.29 is 9.90 Å². The van der Waals surface area contributed by atoms with Gasteiger partial charge in [0.05, 0.1) is 11.2 Å². The molecule has 19 heavy (non-hydrogen) atoms. The third kappa shape index (κ3) is 3.74. The van der Waals surface area contributed by atoms with E-state index in [9.17, 15) is 9.90 Å². The zero-order chi connectivity index (χ0) is 14.0. The molecule has 0 aromatic heterocycles. The number of carbonyl (C=O) groups excluding carboxylic acids is 1. The summed E-state index contributed by atoms with van der Waals surface area (Å²) in [7, 11) is 0. The van der Waals surface area contributed by atoms with Crippen molar-refractivity contribution in [2.75, 3.05) is 13.1 Å². The number of halogens is 1. The number of benzene rings is 1. The quantitative estimate of drug-likeness (QED) is 0.769. The molecule has 1 aliphatic rings. The summed E-state index contributed by atoms with van der Waals surface area (Å²) in [4.78, 5) is 15.1. The van der Waals surface area contributed by atoms with Gasteiger partial charge in [-0.05, 0) is 60.3 Å². The van der Waals surface area contributed by atoms with Gasteiger partial charge in [0, 0.05) is 22.5 Å². The number of amides is 1. The number of hydrogen-bond acceptors (Lipinski definition) is 3. The molecule has 1 aromatic carbocycles. The molecular weight excluding hydrogens is 326 g/mol. The van der Waals surface area contributed by atoms with Crippen LogP contribution in [0.15, 0.2) is 27.6 Å². The van der Waals surface area contributed by atoms with Crippen molar-refractivity contribution in [2.45, 2.75) is 36.7 Å². The van der Waals surface area contributed by atoms with Crippen LogP contribution in [-0.2, 0) is 0 Å². The van der Waals surface area contributed by atoms with E-state index in [1.54, 1.807) is 6.07 Å². The molecule has 0 spiro atoms. The topological polar surface area (TPSA) is 40.5 Å². The lowest BCUT2D eigenvalue weighted by Crippen LogP contribution is -2.33. The Labute approximate surface area is 127 Å². The van der Waals surface area contributed by atoms with Crippen LogP contribution in [0.2, 0.25) is 0 Å². The maximum Gasteiger partial charge on any atom is 0.255 e. The molecule has 1 unspecified atom stereocenters. The normalized spacial score (nSPS) is 24.1. The van der Waals surface area contributed by atoms with Crippen molar-refractivity contribution in [1.29, 1.82) is 0 Å². The standard InChI is InChI=1S/C14H18BrNO2S/c1-14(18)5-2-7-16(8-6-14)13(17)11-9-10(19)3-4-12(11)15/h3-4,9,18-19H,2,5-8H2,1H3. The van der Waals surface area contributed by atoms with Crippen molar-refractivity contribution in [3.63, 3.8) is 0 Å². The molecule has 5 heteroatoms. The van der Waals surface area contributed by atoms with Crippen molar-refractivity contribution in [2.24, 2.45) is 0 Å². The smallest absolute Gasteiger partial charge is 0.255 e. The fourth-order valence-corrected chi connectivity index (χ4v) is 2.93. The van der Waals surface area contributed by atoms with Crippen LogP contribution in [0.25, 0.3) is 0 Å². The Morgan fingerprint density at radius 2 is 2.16 bits per heavy atom. The molecule has 1 aromatic rings. The van der Waals surface area contributed by atoms with Gasteiger partial charge in [0.15, 0.2) is 0 Å². The molecule has 0 saturated carbocycles. The Kier molecular flexibility index (Phi) is 4.58. The molecule has 0 aliphatic carbocycles. The number of nitrogens with zero attached hydrogens (tertiary/aromatic N) is 1. The van der Waals surface area contributed by atoms with Gasteiger partial charge in [-0.1, -0.05) is 0 Å². The highest BCUT2D eigenvalue weighted by Crippen LogP contribution is 2.25. The fraction of sp³-hybridized carbons (Fsp3) is 0.500. The molecule has 1 atom stereocenters. The molecule has 1 fully saturated rings. The van der Waals surface area contributed by atoms with E-state index >= 15 is 0 Å². The van der Waals surface area contributed by atoms with Crippen LogP contribution in [0, 0.1) is 0 Å². The van der Waals surface area contributed by atoms with E-state index in [4.69, 9.17) is 0 Å². The summed E-state index contributed by atoms with van der Waals surface area (Å²) < 4.78 is 0.784. The number of likely N-dealkylation sites (tertiary alicyclic amines) is 1. The zero-order valence-corrected chi connectivity index (χ0v) is 13.4. The van der Waals surface area contributed by atoms with Gasteiger partial charge in [-0.3, -0.25) is 4.79 Å². The van der Waals surface area contributed by atoms with Crippen LogP contribution in [0.5, 0.6) is 0 Å². The molecule has 1 heterocycles. The van der Waals surface area contributed by atoms with Crippen LogP contribution in [0.4, 0.5) is 0 Å². The Morgan fingerprint density at radius 3 is 2.89 bits per heavy atom. The van der Waals surface area contributed by atoms with E-state index in [0.29, 0.717) is 25.1 Å². The van der Waals surface area contributed by atoms with Gasteiger partial charge < -0.3 is 10.0 Å². The van der Waals surface area contributed by atoms with E-state index in [1.807, 2.05) is 24.0 Å². The highest BCUT2D eigenvalue weighted by Gasteiger charge is 2.28. The van der Waals surface area contributed by atoms with Gasteiger partial charge in [-0.2, -0.15) is 0 Å². The van der Waals surface area contributed by atoms with Crippen molar-refractivity contribution in [3.8, 4) is 0 Å². The maximum atomic E-state index is 12.5. The Morgan fingerprint density at radius 1 is 1.42 bits per heavy atom. The summed E-state index contributed by atoms with van der Waals surface area (Å²) in [6, 6.07) is 5.46. The molecule has 2 rings (SSSR count). The van der Waals surface area contributed by atoms with Gasteiger partial charge in [0.1, 0.15) is 0 Å². The van der Waals surface area contributed by atoms with E-state index < -0.39 is 5.60 Å². The number of rotatable bonds is 1. The first-order chi connectivity index (χ1) is 8.89. The largest absolute Gasteiger partial charge is 0.390 e. The second-order valence-corrected chi connectivity index (χ2v) is 6.68. The molecule has 104 valence electrons. The van der Waals surface area contributed by atoms with Crippen molar-refractivity contribution in [1.82, 2.24) is 4.90 Å². The predicted molar refractivity (Wildman–Crippen MR) is 81.8 cm³/mol. The lowest BCUT2D eigenvalue weighted by Gasteiger charge is -2.23. The number of hydrogen-bond donors (Lipinski definition) is 2. The summed E-state index contributed by atoms with van der Waals surface area (Å²) in [6.07, 6.45) is 2.19. The zero-order valence-electron chi connectivity index (χ0n) is 10.9. The lowest BCUT2D eigenvalue weighted by molar-refractivity contribution is 0.0438. The second-order valence-electron chi connectivity index (χ2n) is 5.31. The summed E-state index contributed by atoms with van der Waals surface area (Å²) >= 11 is 7.69. The molecular formula is C14H18BrNO2S. The monoisotopic (exact) mass is 343 g/mol. The molecule has 3 nitrogen and oxygen atoms in total. The van der Waals surface area contributed by atoms with E-state index in [2.05, 4.69) is 28.6 Å². The van der Waals surface area contributed by atoms with Gasteiger partial charge in [0.25, 0.3) is 5.91 Å². The van der Waals surface area contributed by atoms with Crippen LogP contribution < -0.4 is 0 Å². The summed E-state index contributed by atoms with van der Waals surface area (Å²) in [6.45, 7) is 3.12. The third-order valence-electron chi connectivity index (χ3n) is 3.53. The Bertz CT molecular complexity index is 490. The number of aliphatic hydroxyl groups is 1. The van der Waals surface area contributed by atoms with E-state index in [-0.39, 0.29) is 5.91 Å². The average Bonchev–Trinajstić information content (AvgIpc) is 2.52. The fourth-order valence-electron chi connectivity index (χ4n) is 2.31. The molecule has 1 saturated heterocycles. The summed E-state index contributed by atoms with van der Waals surface area (Å²) in [5, 5.41) is 10.1. The first kappa shape index (κ1) is 14.9. The molecule has 0 bridgehead atoms. The van der Waals surface area contributed by atoms with E-state index in [0.717, 1.165) is 22.2 Å². The molecule has 1 aliphatic heterocycles. The predicted octanol–water partition coefficient (Wildman–Crippen LogP) is 3.11. The van der Waals surface area contributed by atoms with Crippen LogP contribution in [-0.4, -0.2) is 34.6 Å². The van der Waals surface area contributed by atoms with Crippen LogP contribution >= 0.6 is 28.6 Å². The van der Waals surface area contributed by atoms with Crippen molar-refractivity contribution in [3.05, 3.63) is 28.2 Å². The first-order valence-electron chi connectivity index (χ1n) is 6.39. The van der Waals surface area contributed by atoms with Crippen LogP contribution in [0.1, 0.15) is 36.5 Å². The molecule has 1 N–H and O–H groups in total. The lowest BCUT2D eigenvalue weighted by atomic mass is 9.98. The summed E-state index contributed by atoms with van der Waals surface area (Å²) in [5.74, 6) is 0.000440. The highest BCUT2D eigenvalue weighted by atomic mass is 79.9. The number of carbonyl (C=O) groups is 1.